The molecule has 0 spiro atoms. The smallest absolute Gasteiger partial charge is 0.284 e. The van der Waals surface area contributed by atoms with E-state index in [1.165, 1.54) is 39.2 Å². The molecule has 1 heterocycles. The summed E-state index contributed by atoms with van der Waals surface area (Å²) in [5.74, 6) is -0.111. The van der Waals surface area contributed by atoms with Crippen LogP contribution in [0.4, 0.5) is 0 Å². The predicted molar refractivity (Wildman–Crippen MR) is 59.5 cm³/mol. The van der Waals surface area contributed by atoms with Gasteiger partial charge in [-0.15, -0.1) is 0 Å². The minimum atomic E-state index is -0.355. The number of ether oxygens (including phenoxy) is 1. The first-order valence-electron chi connectivity index (χ1n) is 4.41. The molecule has 1 aromatic rings. The number of carbonyl (C=O) groups is 1. The number of thioether (sulfide) groups is 1. The summed E-state index contributed by atoms with van der Waals surface area (Å²) < 4.78 is 5.04. The summed E-state index contributed by atoms with van der Waals surface area (Å²) in [5.41, 5.74) is 0.268. The number of methoxy groups -OCH3 is 1. The molecule has 0 N–H and O–H groups in total. The van der Waals surface area contributed by atoms with Gasteiger partial charge >= 0.3 is 0 Å². The van der Waals surface area contributed by atoms with Gasteiger partial charge in [-0.3, -0.25) is 9.63 Å². The first-order chi connectivity index (χ1) is 7.63. The molecule has 0 radical (unpaired) electrons. The van der Waals surface area contributed by atoms with Crippen LogP contribution in [0.2, 0.25) is 0 Å². The van der Waals surface area contributed by atoms with Gasteiger partial charge in [-0.25, -0.2) is 10.0 Å². The summed E-state index contributed by atoms with van der Waals surface area (Å²) in [7, 11) is 4.36. The number of amides is 1. The minimum Gasteiger partial charge on any atom is -0.480 e. The van der Waals surface area contributed by atoms with E-state index in [-0.39, 0.29) is 17.4 Å². The van der Waals surface area contributed by atoms with Crippen LogP contribution in [0.1, 0.15) is 10.4 Å². The lowest BCUT2D eigenvalue weighted by Crippen LogP contribution is -2.26. The topological polar surface area (TPSA) is 64.6 Å². The fourth-order valence-electron chi connectivity index (χ4n) is 1.00. The van der Waals surface area contributed by atoms with Gasteiger partial charge < -0.3 is 4.74 Å². The summed E-state index contributed by atoms with van der Waals surface area (Å²) in [5, 5.41) is 1.63. The van der Waals surface area contributed by atoms with Crippen molar-refractivity contribution >= 4 is 17.7 Å². The van der Waals surface area contributed by atoms with Gasteiger partial charge in [-0.1, -0.05) is 11.8 Å². The third-order valence-electron chi connectivity index (χ3n) is 1.90. The first-order valence-corrected chi connectivity index (χ1v) is 5.63. The van der Waals surface area contributed by atoms with Crippen molar-refractivity contribution in [2.24, 2.45) is 0 Å². The molecule has 1 amide bonds. The molecular formula is C9H13N3O3S. The highest BCUT2D eigenvalue weighted by Gasteiger charge is 2.19. The Balaban J connectivity index is 3.08. The zero-order valence-corrected chi connectivity index (χ0v) is 10.4. The lowest BCUT2D eigenvalue weighted by Gasteiger charge is -2.14. The summed E-state index contributed by atoms with van der Waals surface area (Å²) in [4.78, 5) is 24.7. The van der Waals surface area contributed by atoms with E-state index in [1.54, 1.807) is 0 Å². The molecule has 0 aromatic carbocycles. The van der Waals surface area contributed by atoms with Gasteiger partial charge in [0, 0.05) is 13.2 Å². The highest BCUT2D eigenvalue weighted by molar-refractivity contribution is 7.98. The lowest BCUT2D eigenvalue weighted by atomic mass is 10.3. The van der Waals surface area contributed by atoms with Gasteiger partial charge in [-0.05, 0) is 6.26 Å². The van der Waals surface area contributed by atoms with E-state index in [2.05, 4.69) is 9.97 Å². The monoisotopic (exact) mass is 243 g/mol. The number of rotatable bonds is 4. The van der Waals surface area contributed by atoms with Crippen LogP contribution in [0.5, 0.6) is 5.88 Å². The van der Waals surface area contributed by atoms with Crippen molar-refractivity contribution in [1.29, 1.82) is 0 Å². The number of aromatic nitrogens is 2. The van der Waals surface area contributed by atoms with Crippen molar-refractivity contribution in [2.45, 2.75) is 5.16 Å². The fourth-order valence-corrected chi connectivity index (χ4v) is 1.34. The largest absolute Gasteiger partial charge is 0.480 e. The molecule has 0 aliphatic rings. The van der Waals surface area contributed by atoms with E-state index in [4.69, 9.17) is 9.57 Å². The Hall–Kier alpha value is -1.34. The van der Waals surface area contributed by atoms with Crippen LogP contribution in [0, 0.1) is 0 Å². The Bertz CT molecular complexity index is 386. The van der Waals surface area contributed by atoms with Crippen LogP contribution in [0.15, 0.2) is 11.4 Å². The van der Waals surface area contributed by atoms with E-state index in [9.17, 15) is 4.79 Å². The Labute approximate surface area is 97.9 Å². The van der Waals surface area contributed by atoms with Gasteiger partial charge in [-0.2, -0.15) is 4.98 Å². The molecule has 0 bridgehead atoms. The third-order valence-corrected chi connectivity index (χ3v) is 2.46. The molecule has 0 atom stereocenters. The first kappa shape index (κ1) is 12.7. The molecule has 0 unspecified atom stereocenters. The van der Waals surface area contributed by atoms with E-state index in [1.807, 2.05) is 6.26 Å². The predicted octanol–water partition coefficient (Wildman–Crippen LogP) is 0.840. The number of nitrogens with zero attached hydrogens (tertiary/aromatic N) is 3. The van der Waals surface area contributed by atoms with Crippen molar-refractivity contribution in [1.82, 2.24) is 15.0 Å². The minimum absolute atomic E-state index is 0.244. The van der Waals surface area contributed by atoms with Gasteiger partial charge in [0.2, 0.25) is 5.88 Å². The van der Waals surface area contributed by atoms with Crippen molar-refractivity contribution in [3.63, 3.8) is 0 Å². The molecule has 7 heteroatoms. The van der Waals surface area contributed by atoms with Gasteiger partial charge in [0.15, 0.2) is 5.16 Å². The Morgan fingerprint density at radius 1 is 1.50 bits per heavy atom. The van der Waals surface area contributed by atoms with Crippen LogP contribution in [-0.4, -0.2) is 48.5 Å². The molecule has 16 heavy (non-hydrogen) atoms. The maximum Gasteiger partial charge on any atom is 0.284 e. The Kier molecular flexibility index (Phi) is 4.51. The second kappa shape index (κ2) is 5.66. The molecule has 88 valence electrons. The second-order valence-corrected chi connectivity index (χ2v) is 3.54. The average molecular weight is 243 g/mol. The zero-order valence-electron chi connectivity index (χ0n) is 9.55. The van der Waals surface area contributed by atoms with Crippen molar-refractivity contribution in [3.8, 4) is 5.88 Å². The molecular weight excluding hydrogens is 230 g/mol. The Morgan fingerprint density at radius 2 is 2.19 bits per heavy atom. The number of carbonyl (C=O) groups excluding carboxylic acids is 1. The van der Waals surface area contributed by atoms with Crippen LogP contribution in [-0.2, 0) is 4.84 Å². The van der Waals surface area contributed by atoms with Gasteiger partial charge in [0.05, 0.1) is 14.2 Å². The molecule has 0 saturated heterocycles. The molecule has 0 aliphatic carbocycles. The maximum atomic E-state index is 11.8. The highest BCUT2D eigenvalue weighted by Crippen LogP contribution is 2.19. The van der Waals surface area contributed by atoms with Crippen LogP contribution >= 0.6 is 11.8 Å². The highest BCUT2D eigenvalue weighted by atomic mass is 32.2. The number of hydrogen-bond donors (Lipinski definition) is 0. The SMILES string of the molecule is COc1nc(SC)ncc1C(=O)N(C)OC. The van der Waals surface area contributed by atoms with Crippen LogP contribution in [0.3, 0.4) is 0 Å². The molecule has 6 nitrogen and oxygen atoms in total. The van der Waals surface area contributed by atoms with Crippen molar-refractivity contribution in [3.05, 3.63) is 11.8 Å². The average Bonchev–Trinajstić information content (AvgIpc) is 2.35. The Morgan fingerprint density at radius 3 is 2.69 bits per heavy atom. The quantitative estimate of drug-likeness (QED) is 0.443. The lowest BCUT2D eigenvalue weighted by molar-refractivity contribution is -0.0759. The summed E-state index contributed by atoms with van der Waals surface area (Å²) in [6, 6.07) is 0. The molecule has 1 rings (SSSR count). The van der Waals surface area contributed by atoms with E-state index < -0.39 is 0 Å². The normalized spacial score (nSPS) is 10.0. The summed E-state index contributed by atoms with van der Waals surface area (Å²) in [6.45, 7) is 0. The maximum absolute atomic E-state index is 11.8. The van der Waals surface area contributed by atoms with Gasteiger partial charge in [0.1, 0.15) is 5.56 Å². The molecule has 0 fully saturated rings. The van der Waals surface area contributed by atoms with E-state index in [0.717, 1.165) is 5.06 Å². The molecule has 1 aromatic heterocycles. The van der Waals surface area contributed by atoms with Crippen LogP contribution < -0.4 is 4.74 Å². The number of hydrogen-bond acceptors (Lipinski definition) is 6. The van der Waals surface area contributed by atoms with E-state index >= 15 is 0 Å². The third kappa shape index (κ3) is 2.61. The standard InChI is InChI=1S/C9H13N3O3S/c1-12(15-3)8(13)6-5-10-9(16-4)11-7(6)14-2/h5H,1-4H3. The van der Waals surface area contributed by atoms with Crippen LogP contribution in [0.25, 0.3) is 0 Å². The van der Waals surface area contributed by atoms with Crippen molar-refractivity contribution in [2.75, 3.05) is 27.5 Å². The zero-order chi connectivity index (χ0) is 12.1. The van der Waals surface area contributed by atoms with Crippen molar-refractivity contribution < 1.29 is 14.4 Å². The fraction of sp³-hybridized carbons (Fsp3) is 0.444. The molecule has 0 saturated carbocycles. The summed E-state index contributed by atoms with van der Waals surface area (Å²) in [6.07, 6.45) is 3.27. The van der Waals surface area contributed by atoms with Gasteiger partial charge in [0.25, 0.3) is 5.91 Å². The number of hydroxylamine groups is 2. The van der Waals surface area contributed by atoms with E-state index in [0.29, 0.717) is 5.16 Å². The summed E-state index contributed by atoms with van der Waals surface area (Å²) >= 11 is 1.37. The molecule has 0 aliphatic heterocycles. The second-order valence-electron chi connectivity index (χ2n) is 2.76.